The zero-order valence-corrected chi connectivity index (χ0v) is 6.54. The molecule has 0 spiro atoms. The summed E-state index contributed by atoms with van der Waals surface area (Å²) in [5.41, 5.74) is 0.368. The molecule has 1 N–H and O–H groups in total. The van der Waals surface area contributed by atoms with Gasteiger partial charge in [0.2, 0.25) is 0 Å². The summed E-state index contributed by atoms with van der Waals surface area (Å²) in [6.07, 6.45) is 1.52. The normalized spacial score (nSPS) is 9.80. The van der Waals surface area contributed by atoms with Crippen LogP contribution in [0.25, 0.3) is 0 Å². The lowest BCUT2D eigenvalue weighted by Gasteiger charge is -1.94. The fraction of sp³-hybridized carbons (Fsp3) is 0.167. The number of H-pyrrole nitrogens is 1. The molecule has 1 heterocycles. The van der Waals surface area contributed by atoms with Crippen LogP contribution in [0.1, 0.15) is 5.56 Å². The Morgan fingerprint density at radius 1 is 1.60 bits per heavy atom. The molecule has 0 amide bonds. The van der Waals surface area contributed by atoms with Crippen molar-refractivity contribution in [2.75, 3.05) is 0 Å². The smallest absolute Gasteiger partial charge is 0.267 e. The average molecular weight is 178 g/mol. The number of hydrogen-bond donors (Lipinski definition) is 1. The molecule has 0 fully saturated rings. The number of hydrogen-bond acceptors (Lipinski definition) is 1. The van der Waals surface area contributed by atoms with Gasteiger partial charge in [-0.1, -0.05) is 11.6 Å². The first-order chi connectivity index (χ1) is 4.75. The van der Waals surface area contributed by atoms with Crippen molar-refractivity contribution in [1.29, 1.82) is 0 Å². The Morgan fingerprint density at radius 2 is 2.30 bits per heavy atom. The van der Waals surface area contributed by atoms with Crippen LogP contribution in [0, 0.1) is 0 Å². The molecule has 0 aliphatic carbocycles. The molecular formula is C6H5Cl2NO. The van der Waals surface area contributed by atoms with Gasteiger partial charge < -0.3 is 4.98 Å². The summed E-state index contributed by atoms with van der Waals surface area (Å²) >= 11 is 11.0. The van der Waals surface area contributed by atoms with Crippen LogP contribution < -0.4 is 5.56 Å². The van der Waals surface area contributed by atoms with Crippen LogP contribution in [-0.4, -0.2) is 4.98 Å². The highest BCUT2D eigenvalue weighted by atomic mass is 35.5. The molecule has 10 heavy (non-hydrogen) atoms. The molecule has 0 unspecified atom stereocenters. The molecule has 0 saturated carbocycles. The zero-order valence-electron chi connectivity index (χ0n) is 5.03. The minimum absolute atomic E-state index is 0.178. The molecule has 54 valence electrons. The fourth-order valence-electron chi connectivity index (χ4n) is 0.604. The molecule has 0 aliphatic rings. The van der Waals surface area contributed by atoms with Gasteiger partial charge in [0, 0.05) is 12.1 Å². The number of aromatic amines is 1. The average Bonchev–Trinajstić information content (AvgIpc) is 1.95. The maximum absolute atomic E-state index is 10.8. The SMILES string of the molecule is O=c1[nH]ccc(CCl)c1Cl. The quantitative estimate of drug-likeness (QED) is 0.653. The van der Waals surface area contributed by atoms with E-state index in [9.17, 15) is 4.79 Å². The van der Waals surface area contributed by atoms with Gasteiger partial charge in [-0.15, -0.1) is 11.6 Å². The third-order valence-electron chi connectivity index (χ3n) is 1.12. The van der Waals surface area contributed by atoms with Crippen LogP contribution in [0.2, 0.25) is 5.02 Å². The molecule has 2 nitrogen and oxygen atoms in total. The van der Waals surface area contributed by atoms with E-state index < -0.39 is 0 Å². The minimum atomic E-state index is -0.292. The maximum atomic E-state index is 10.8. The van der Waals surface area contributed by atoms with Crippen molar-refractivity contribution in [3.8, 4) is 0 Å². The van der Waals surface area contributed by atoms with E-state index >= 15 is 0 Å². The summed E-state index contributed by atoms with van der Waals surface area (Å²) < 4.78 is 0. The van der Waals surface area contributed by atoms with Gasteiger partial charge in [0.25, 0.3) is 5.56 Å². The summed E-state index contributed by atoms with van der Waals surface area (Å²) in [4.78, 5) is 13.2. The van der Waals surface area contributed by atoms with Gasteiger partial charge >= 0.3 is 0 Å². The van der Waals surface area contributed by atoms with Crippen LogP contribution in [0.5, 0.6) is 0 Å². The Hall–Kier alpha value is -0.470. The highest BCUT2D eigenvalue weighted by Gasteiger charge is 2.00. The van der Waals surface area contributed by atoms with Gasteiger partial charge in [-0.2, -0.15) is 0 Å². The number of halogens is 2. The standard InChI is InChI=1S/C6H5Cl2NO/c7-3-4-1-2-9-6(10)5(4)8/h1-2H,3H2,(H,9,10). The number of nitrogens with one attached hydrogen (secondary N) is 1. The second-order valence-electron chi connectivity index (χ2n) is 1.78. The van der Waals surface area contributed by atoms with Gasteiger partial charge in [-0.05, 0) is 11.6 Å². The predicted molar refractivity (Wildman–Crippen MR) is 41.6 cm³/mol. The van der Waals surface area contributed by atoms with Crippen molar-refractivity contribution in [3.05, 3.63) is 33.2 Å². The van der Waals surface area contributed by atoms with Gasteiger partial charge in [-0.25, -0.2) is 0 Å². The molecule has 0 radical (unpaired) electrons. The third-order valence-corrected chi connectivity index (χ3v) is 1.83. The molecule has 0 bridgehead atoms. The molecule has 1 aromatic heterocycles. The Labute approximate surface area is 67.8 Å². The van der Waals surface area contributed by atoms with E-state index in [0.29, 0.717) is 5.56 Å². The van der Waals surface area contributed by atoms with Crippen LogP contribution in [0.4, 0.5) is 0 Å². The van der Waals surface area contributed by atoms with E-state index in [1.807, 2.05) is 0 Å². The lowest BCUT2D eigenvalue weighted by atomic mass is 10.3. The van der Waals surface area contributed by atoms with Crippen molar-refractivity contribution in [2.45, 2.75) is 5.88 Å². The van der Waals surface area contributed by atoms with Crippen molar-refractivity contribution in [2.24, 2.45) is 0 Å². The fourth-order valence-corrected chi connectivity index (χ4v) is 1.08. The third kappa shape index (κ3) is 1.33. The summed E-state index contributed by atoms with van der Waals surface area (Å²) in [5.74, 6) is 0.267. The van der Waals surface area contributed by atoms with E-state index in [1.54, 1.807) is 6.07 Å². The van der Waals surface area contributed by atoms with Crippen LogP contribution in [-0.2, 0) is 5.88 Å². The summed E-state index contributed by atoms with van der Waals surface area (Å²) in [6.45, 7) is 0. The minimum Gasteiger partial charge on any atom is -0.328 e. The molecule has 0 aromatic carbocycles. The molecule has 1 aromatic rings. The van der Waals surface area contributed by atoms with Crippen LogP contribution in [0.3, 0.4) is 0 Å². The van der Waals surface area contributed by atoms with Gasteiger partial charge in [0.15, 0.2) is 0 Å². The first kappa shape index (κ1) is 7.63. The number of rotatable bonds is 1. The molecule has 1 rings (SSSR count). The zero-order chi connectivity index (χ0) is 7.56. The Bertz CT molecular complexity index is 281. The van der Waals surface area contributed by atoms with Crippen molar-refractivity contribution >= 4 is 23.2 Å². The summed E-state index contributed by atoms with van der Waals surface area (Å²) in [7, 11) is 0. The number of pyridine rings is 1. The predicted octanol–water partition coefficient (Wildman–Crippen LogP) is 1.77. The first-order valence-electron chi connectivity index (χ1n) is 2.67. The second-order valence-corrected chi connectivity index (χ2v) is 2.42. The van der Waals surface area contributed by atoms with Crippen LogP contribution in [0.15, 0.2) is 17.1 Å². The van der Waals surface area contributed by atoms with Crippen LogP contribution >= 0.6 is 23.2 Å². The van der Waals surface area contributed by atoms with E-state index in [-0.39, 0.29) is 16.5 Å². The molecule has 0 atom stereocenters. The highest BCUT2D eigenvalue weighted by Crippen LogP contribution is 2.10. The van der Waals surface area contributed by atoms with Gasteiger partial charge in [0.05, 0.1) is 0 Å². The van der Waals surface area contributed by atoms with Gasteiger partial charge in [-0.3, -0.25) is 4.79 Å². The van der Waals surface area contributed by atoms with Gasteiger partial charge in [0.1, 0.15) is 5.02 Å². The topological polar surface area (TPSA) is 32.9 Å². The number of alkyl halides is 1. The molecule has 4 heteroatoms. The maximum Gasteiger partial charge on any atom is 0.267 e. The van der Waals surface area contributed by atoms with E-state index in [4.69, 9.17) is 23.2 Å². The molecule has 0 aliphatic heterocycles. The van der Waals surface area contributed by atoms with Crippen molar-refractivity contribution in [1.82, 2.24) is 4.98 Å². The molecule has 0 saturated heterocycles. The molecular weight excluding hydrogens is 173 g/mol. The highest BCUT2D eigenvalue weighted by molar-refractivity contribution is 6.32. The Morgan fingerprint density at radius 3 is 2.80 bits per heavy atom. The van der Waals surface area contributed by atoms with E-state index in [0.717, 1.165) is 0 Å². The van der Waals surface area contributed by atoms with Crippen molar-refractivity contribution < 1.29 is 0 Å². The summed E-state index contributed by atoms with van der Waals surface area (Å²) in [5, 5.41) is 0.178. The largest absolute Gasteiger partial charge is 0.328 e. The monoisotopic (exact) mass is 177 g/mol. The Balaban J connectivity index is 3.28. The lowest BCUT2D eigenvalue weighted by molar-refractivity contribution is 1.20. The Kier molecular flexibility index (Phi) is 2.35. The lowest BCUT2D eigenvalue weighted by Crippen LogP contribution is -2.06. The second kappa shape index (κ2) is 3.08. The number of aromatic nitrogens is 1. The first-order valence-corrected chi connectivity index (χ1v) is 3.59. The van der Waals surface area contributed by atoms with E-state index in [2.05, 4.69) is 4.98 Å². The van der Waals surface area contributed by atoms with E-state index in [1.165, 1.54) is 6.20 Å². The summed E-state index contributed by atoms with van der Waals surface area (Å²) in [6, 6.07) is 1.68. The van der Waals surface area contributed by atoms with Crippen molar-refractivity contribution in [3.63, 3.8) is 0 Å².